The van der Waals surface area contributed by atoms with Crippen molar-refractivity contribution in [3.63, 3.8) is 0 Å². The number of nitrogens with zero attached hydrogens (tertiary/aromatic N) is 3. The van der Waals surface area contributed by atoms with Crippen molar-refractivity contribution >= 4 is 10.0 Å². The minimum absolute atomic E-state index is 0.0228. The molecule has 0 bridgehead atoms. The number of H-pyrrole nitrogens is 1. The van der Waals surface area contributed by atoms with E-state index >= 15 is 0 Å². The second-order valence-corrected chi connectivity index (χ2v) is 5.24. The first-order valence-corrected chi connectivity index (χ1v) is 6.22. The molecule has 16 heavy (non-hydrogen) atoms. The number of sulfonamides is 1. The Bertz CT molecular complexity index is 489. The van der Waals surface area contributed by atoms with Gasteiger partial charge in [-0.25, -0.2) is 8.42 Å². The van der Waals surface area contributed by atoms with Gasteiger partial charge in [-0.2, -0.15) is 14.7 Å². The maximum absolute atomic E-state index is 12.1. The molecule has 0 spiro atoms. The molecule has 1 aromatic heterocycles. The van der Waals surface area contributed by atoms with Crippen LogP contribution in [-0.4, -0.2) is 48.6 Å². The largest absolute Gasteiger partial charge is 0.313 e. The van der Waals surface area contributed by atoms with Crippen molar-refractivity contribution in [2.24, 2.45) is 0 Å². The van der Waals surface area contributed by atoms with Gasteiger partial charge in [0, 0.05) is 19.6 Å². The van der Waals surface area contributed by atoms with Crippen LogP contribution in [0.2, 0.25) is 0 Å². The van der Waals surface area contributed by atoms with Crippen LogP contribution in [0.25, 0.3) is 0 Å². The minimum atomic E-state index is -3.63. The molecule has 2 heterocycles. The number of nitriles is 1. The summed E-state index contributed by atoms with van der Waals surface area (Å²) in [7, 11) is -3.63. The SMILES string of the molecule is N#CC1CNCCN1S(=O)(=O)c1ccn[nH]1. The summed E-state index contributed by atoms with van der Waals surface area (Å²) in [5.74, 6) is 0. The third-order valence-electron chi connectivity index (χ3n) is 2.41. The maximum atomic E-state index is 12.1. The molecule has 1 fully saturated rings. The fourth-order valence-electron chi connectivity index (χ4n) is 1.60. The lowest BCUT2D eigenvalue weighted by Crippen LogP contribution is -2.52. The Hall–Kier alpha value is -1.43. The van der Waals surface area contributed by atoms with Gasteiger partial charge in [0.25, 0.3) is 10.0 Å². The van der Waals surface area contributed by atoms with E-state index in [1.807, 2.05) is 6.07 Å². The second-order valence-electron chi connectivity index (χ2n) is 3.39. The highest BCUT2D eigenvalue weighted by atomic mass is 32.2. The zero-order valence-corrected chi connectivity index (χ0v) is 9.24. The quantitative estimate of drug-likeness (QED) is 0.684. The Labute approximate surface area is 93.1 Å². The van der Waals surface area contributed by atoms with Crippen molar-refractivity contribution < 1.29 is 8.42 Å². The standard InChI is InChI=1S/C8H11N5O2S/c9-5-7-6-10-3-4-13(7)16(14,15)8-1-2-11-12-8/h1-2,7,10H,3-4,6H2,(H,11,12). The van der Waals surface area contributed by atoms with Gasteiger partial charge in [0.2, 0.25) is 0 Å². The lowest BCUT2D eigenvalue weighted by Gasteiger charge is -2.30. The van der Waals surface area contributed by atoms with E-state index in [-0.39, 0.29) is 5.03 Å². The molecule has 2 rings (SSSR count). The molecular weight excluding hydrogens is 230 g/mol. The Morgan fingerprint density at radius 3 is 3.06 bits per heavy atom. The van der Waals surface area contributed by atoms with Crippen LogP contribution in [0.15, 0.2) is 17.3 Å². The predicted octanol–water partition coefficient (Wildman–Crippen LogP) is -1.10. The van der Waals surface area contributed by atoms with E-state index in [0.29, 0.717) is 19.6 Å². The highest BCUT2D eigenvalue weighted by molar-refractivity contribution is 7.89. The molecule has 1 aliphatic rings. The van der Waals surface area contributed by atoms with E-state index in [2.05, 4.69) is 15.5 Å². The molecule has 2 N–H and O–H groups in total. The zero-order valence-electron chi connectivity index (χ0n) is 8.42. The van der Waals surface area contributed by atoms with Gasteiger partial charge in [0.1, 0.15) is 6.04 Å². The lowest BCUT2D eigenvalue weighted by molar-refractivity contribution is 0.311. The van der Waals surface area contributed by atoms with Gasteiger partial charge >= 0.3 is 0 Å². The average Bonchev–Trinajstić information content (AvgIpc) is 2.83. The Morgan fingerprint density at radius 2 is 2.44 bits per heavy atom. The molecule has 7 nitrogen and oxygen atoms in total. The van der Waals surface area contributed by atoms with E-state index in [9.17, 15) is 8.42 Å². The normalized spacial score (nSPS) is 22.8. The molecule has 1 unspecified atom stereocenters. The third-order valence-corrected chi connectivity index (χ3v) is 4.24. The van der Waals surface area contributed by atoms with E-state index < -0.39 is 16.1 Å². The van der Waals surface area contributed by atoms with E-state index in [1.54, 1.807) is 0 Å². The van der Waals surface area contributed by atoms with Crippen molar-refractivity contribution in [2.45, 2.75) is 11.1 Å². The average molecular weight is 241 g/mol. The summed E-state index contributed by atoms with van der Waals surface area (Å²) >= 11 is 0. The summed E-state index contributed by atoms with van der Waals surface area (Å²) in [4.78, 5) is 0. The molecule has 0 amide bonds. The molecule has 0 aromatic carbocycles. The van der Waals surface area contributed by atoms with E-state index in [0.717, 1.165) is 0 Å². The molecule has 1 aliphatic heterocycles. The Balaban J connectivity index is 2.33. The number of rotatable bonds is 2. The van der Waals surface area contributed by atoms with Crippen molar-refractivity contribution in [1.29, 1.82) is 5.26 Å². The first-order chi connectivity index (χ1) is 7.66. The molecule has 1 aromatic rings. The zero-order chi connectivity index (χ0) is 11.6. The molecule has 0 radical (unpaired) electrons. The Kier molecular flexibility index (Phi) is 2.91. The van der Waals surface area contributed by atoms with Crippen LogP contribution in [0.4, 0.5) is 0 Å². The van der Waals surface area contributed by atoms with Crippen LogP contribution in [0.1, 0.15) is 0 Å². The Morgan fingerprint density at radius 1 is 1.62 bits per heavy atom. The summed E-state index contributed by atoms with van der Waals surface area (Å²) in [6.45, 7) is 1.19. The molecule has 86 valence electrons. The van der Waals surface area contributed by atoms with Gasteiger partial charge in [0.15, 0.2) is 5.03 Å². The van der Waals surface area contributed by atoms with Crippen molar-refractivity contribution in [3.05, 3.63) is 12.3 Å². The highest BCUT2D eigenvalue weighted by Gasteiger charge is 2.34. The lowest BCUT2D eigenvalue weighted by atomic mass is 10.3. The van der Waals surface area contributed by atoms with Gasteiger partial charge in [-0.15, -0.1) is 0 Å². The van der Waals surface area contributed by atoms with Gasteiger partial charge in [-0.1, -0.05) is 0 Å². The van der Waals surface area contributed by atoms with Crippen LogP contribution >= 0.6 is 0 Å². The summed E-state index contributed by atoms with van der Waals surface area (Å²) < 4.78 is 25.4. The smallest absolute Gasteiger partial charge is 0.261 e. The topological polar surface area (TPSA) is 102 Å². The summed E-state index contributed by atoms with van der Waals surface area (Å²) in [6, 6.07) is 2.69. The van der Waals surface area contributed by atoms with Crippen LogP contribution in [0, 0.1) is 11.3 Å². The van der Waals surface area contributed by atoms with Crippen LogP contribution in [0.5, 0.6) is 0 Å². The number of hydrogen-bond donors (Lipinski definition) is 2. The number of aromatic amines is 1. The van der Waals surface area contributed by atoms with E-state index in [4.69, 9.17) is 5.26 Å². The first-order valence-electron chi connectivity index (χ1n) is 4.78. The highest BCUT2D eigenvalue weighted by Crippen LogP contribution is 2.16. The molecule has 0 saturated carbocycles. The third kappa shape index (κ3) is 1.80. The van der Waals surface area contributed by atoms with E-state index in [1.165, 1.54) is 16.6 Å². The number of nitrogens with one attached hydrogen (secondary N) is 2. The van der Waals surface area contributed by atoms with Gasteiger partial charge in [0.05, 0.1) is 12.3 Å². The fourth-order valence-corrected chi connectivity index (χ4v) is 3.04. The predicted molar refractivity (Wildman–Crippen MR) is 54.8 cm³/mol. The maximum Gasteiger partial charge on any atom is 0.261 e. The van der Waals surface area contributed by atoms with Crippen LogP contribution < -0.4 is 5.32 Å². The van der Waals surface area contributed by atoms with Crippen molar-refractivity contribution in [2.75, 3.05) is 19.6 Å². The number of piperazine rings is 1. The molecule has 0 aliphatic carbocycles. The summed E-state index contributed by atoms with van der Waals surface area (Å²) in [5, 5.41) is 17.9. The monoisotopic (exact) mass is 241 g/mol. The van der Waals surface area contributed by atoms with Crippen LogP contribution in [0.3, 0.4) is 0 Å². The summed E-state index contributed by atoms with van der Waals surface area (Å²) in [6.07, 6.45) is 1.37. The first kappa shape index (κ1) is 11.1. The molecule has 1 saturated heterocycles. The van der Waals surface area contributed by atoms with Gasteiger partial charge in [-0.3, -0.25) is 5.10 Å². The second kappa shape index (κ2) is 4.21. The van der Waals surface area contributed by atoms with Gasteiger partial charge in [-0.05, 0) is 6.07 Å². The van der Waals surface area contributed by atoms with Crippen LogP contribution in [-0.2, 0) is 10.0 Å². The summed E-state index contributed by atoms with van der Waals surface area (Å²) in [5.41, 5.74) is 0. The molecular formula is C8H11N5O2S. The van der Waals surface area contributed by atoms with Crippen molar-refractivity contribution in [3.8, 4) is 6.07 Å². The minimum Gasteiger partial charge on any atom is -0.313 e. The molecule has 8 heteroatoms. The number of hydrogen-bond acceptors (Lipinski definition) is 5. The number of aromatic nitrogens is 2. The van der Waals surface area contributed by atoms with Gasteiger partial charge < -0.3 is 5.32 Å². The van der Waals surface area contributed by atoms with Crippen molar-refractivity contribution in [1.82, 2.24) is 19.8 Å². The molecule has 1 atom stereocenters. The fraction of sp³-hybridized carbons (Fsp3) is 0.500.